The first-order chi connectivity index (χ1) is 5.30. The van der Waals surface area contributed by atoms with Gasteiger partial charge in [0.15, 0.2) is 5.69 Å². The second-order valence-electron chi connectivity index (χ2n) is 1.52. The van der Waals surface area contributed by atoms with Gasteiger partial charge in [-0.2, -0.15) is 18.2 Å². The zero-order valence-corrected chi connectivity index (χ0v) is 9.91. The first kappa shape index (κ1) is 13.9. The predicted molar refractivity (Wildman–Crippen MR) is 43.3 cm³/mol. The Morgan fingerprint density at radius 3 is 2.00 bits per heavy atom. The number of nitro benzene ring substituents is 1. The van der Waals surface area contributed by atoms with E-state index in [-0.39, 0.29) is 26.8 Å². The minimum Gasteiger partial charge on any atom is -0.260 e. The molecule has 0 aliphatic carbocycles. The Hall–Kier alpha value is -0.692. The molecule has 0 fully saturated rings. The van der Waals surface area contributed by atoms with Crippen LogP contribution in [0.4, 0.5) is 5.69 Å². The van der Waals surface area contributed by atoms with Gasteiger partial charge in [-0.25, -0.2) is 0 Å². The Bertz CT molecular complexity index is 214. The monoisotopic (exact) mass is 336 g/mol. The van der Waals surface area contributed by atoms with Crippen LogP contribution in [0.25, 0.3) is 0 Å². The minimum atomic E-state index is -0.437. The van der Waals surface area contributed by atoms with Crippen molar-refractivity contribution < 1.29 is 26.0 Å². The molecule has 1 rings (SSSR count). The zero-order chi connectivity index (χ0) is 8.69. The van der Waals surface area contributed by atoms with Crippen molar-refractivity contribution in [1.82, 2.24) is 0 Å². The Kier molecular flexibility index (Phi) is 9.71. The molecule has 1 aromatic carbocycles. The van der Waals surface area contributed by atoms with Crippen LogP contribution in [0.3, 0.4) is 0 Å². The molecule has 0 N–H and O–H groups in total. The number of hydrogen-bond acceptors (Lipinski definition) is 2. The molecule has 4 heteroatoms. The third kappa shape index (κ3) is 5.02. The van der Waals surface area contributed by atoms with Gasteiger partial charge in [-0.1, -0.05) is 26.0 Å². The van der Waals surface area contributed by atoms with E-state index in [9.17, 15) is 10.1 Å². The van der Waals surface area contributed by atoms with E-state index in [1.807, 2.05) is 13.8 Å². The molecule has 0 aliphatic heterocycles. The maximum Gasteiger partial charge on any atom is 0.166 e. The minimum absolute atomic E-state index is 0. The van der Waals surface area contributed by atoms with Crippen molar-refractivity contribution in [2.75, 3.05) is 0 Å². The summed E-state index contributed by atoms with van der Waals surface area (Å²) in [4.78, 5) is 9.56. The van der Waals surface area contributed by atoms with Crippen molar-refractivity contribution >= 4 is 5.69 Å². The fraction of sp³-hybridized carbons (Fsp3) is 0.250. The van der Waals surface area contributed by atoms with Crippen molar-refractivity contribution in [2.24, 2.45) is 0 Å². The zero-order valence-electron chi connectivity index (χ0n) is 6.98. The van der Waals surface area contributed by atoms with Gasteiger partial charge in [0.05, 0.1) is 0 Å². The molecular weight excluding hydrogens is 326 g/mol. The number of non-ortho nitro benzene ring substituents is 1. The van der Waals surface area contributed by atoms with Crippen LogP contribution in [-0.2, 0) is 21.1 Å². The second-order valence-corrected chi connectivity index (χ2v) is 1.52. The summed E-state index contributed by atoms with van der Waals surface area (Å²) in [5, 5.41) is 9.99. The summed E-state index contributed by atoms with van der Waals surface area (Å²) in [6.07, 6.45) is 0. The normalized spacial score (nSPS) is 7.17. The Morgan fingerprint density at radius 2 is 1.75 bits per heavy atom. The molecule has 1 aromatic rings. The van der Waals surface area contributed by atoms with Gasteiger partial charge in [0.2, 0.25) is 0 Å². The van der Waals surface area contributed by atoms with E-state index in [1.54, 1.807) is 0 Å². The fourth-order valence-electron chi connectivity index (χ4n) is 0.500. The van der Waals surface area contributed by atoms with Crippen molar-refractivity contribution in [1.29, 1.82) is 0 Å². The summed E-state index contributed by atoms with van der Waals surface area (Å²) in [5.74, 6) is 0. The standard InChI is InChI=1S/C6H4NO2.C2H6.W/c8-7(9)6-4-2-1-3-5-6;1-2;/h2-5H;1-2H3;/q-1;;. The number of nitro groups is 1. The number of nitrogens with zero attached hydrogens (tertiary/aromatic N) is 1. The van der Waals surface area contributed by atoms with Crippen molar-refractivity contribution in [3.05, 3.63) is 40.4 Å². The molecule has 0 bridgehead atoms. The van der Waals surface area contributed by atoms with Gasteiger partial charge >= 0.3 is 0 Å². The Morgan fingerprint density at radius 1 is 1.33 bits per heavy atom. The van der Waals surface area contributed by atoms with Gasteiger partial charge in [-0.15, -0.1) is 0 Å². The summed E-state index contributed by atoms with van der Waals surface area (Å²) in [6.45, 7) is 4.00. The Balaban J connectivity index is 0. The van der Waals surface area contributed by atoms with E-state index < -0.39 is 4.92 Å². The van der Waals surface area contributed by atoms with E-state index in [1.165, 1.54) is 24.3 Å². The van der Waals surface area contributed by atoms with Crippen LogP contribution in [-0.4, -0.2) is 4.92 Å². The quantitative estimate of drug-likeness (QED) is 0.449. The SMILES string of the molecule is CC.O=[N+]([O-])c1cc[c-]cc1.[W]. The maximum atomic E-state index is 9.99. The fourth-order valence-corrected chi connectivity index (χ4v) is 0.500. The van der Waals surface area contributed by atoms with Crippen LogP contribution in [0.15, 0.2) is 24.3 Å². The number of hydrogen-bond donors (Lipinski definition) is 0. The summed E-state index contributed by atoms with van der Waals surface area (Å²) in [7, 11) is 0. The number of benzene rings is 1. The second kappa shape index (κ2) is 8.41. The van der Waals surface area contributed by atoms with E-state index in [0.717, 1.165) is 0 Å². The van der Waals surface area contributed by atoms with Crippen molar-refractivity contribution in [2.45, 2.75) is 13.8 Å². The predicted octanol–water partition coefficient (Wildman–Crippen LogP) is 2.42. The molecule has 0 spiro atoms. The first-order valence-corrected chi connectivity index (χ1v) is 3.41. The first-order valence-electron chi connectivity index (χ1n) is 3.41. The molecule has 12 heavy (non-hydrogen) atoms. The smallest absolute Gasteiger partial charge is 0.166 e. The largest absolute Gasteiger partial charge is 0.260 e. The van der Waals surface area contributed by atoms with E-state index in [2.05, 4.69) is 6.07 Å². The van der Waals surface area contributed by atoms with E-state index in [0.29, 0.717) is 0 Å². The Labute approximate surface area is 86.2 Å². The van der Waals surface area contributed by atoms with Crippen LogP contribution in [0, 0.1) is 16.2 Å². The summed E-state index contributed by atoms with van der Waals surface area (Å²) in [5.41, 5.74) is 0.105. The third-order valence-electron chi connectivity index (χ3n) is 0.911. The molecule has 0 atom stereocenters. The third-order valence-corrected chi connectivity index (χ3v) is 0.911. The van der Waals surface area contributed by atoms with Gasteiger partial charge in [-0.3, -0.25) is 10.1 Å². The van der Waals surface area contributed by atoms with Crippen molar-refractivity contribution in [3.63, 3.8) is 0 Å². The van der Waals surface area contributed by atoms with Gasteiger partial charge in [0.1, 0.15) is 0 Å². The van der Waals surface area contributed by atoms with Gasteiger partial charge in [0, 0.05) is 26.0 Å². The molecule has 0 aliphatic rings. The molecule has 0 saturated carbocycles. The molecule has 66 valence electrons. The van der Waals surface area contributed by atoms with Gasteiger partial charge < -0.3 is 0 Å². The summed E-state index contributed by atoms with van der Waals surface area (Å²) < 4.78 is 0. The van der Waals surface area contributed by atoms with Crippen LogP contribution in [0.2, 0.25) is 0 Å². The maximum absolute atomic E-state index is 9.99. The average molecular weight is 336 g/mol. The van der Waals surface area contributed by atoms with Gasteiger partial charge in [-0.05, 0) is 0 Å². The molecule has 0 radical (unpaired) electrons. The number of rotatable bonds is 1. The molecule has 0 amide bonds. The van der Waals surface area contributed by atoms with Crippen molar-refractivity contribution in [3.8, 4) is 0 Å². The van der Waals surface area contributed by atoms with Gasteiger partial charge in [0.25, 0.3) is 0 Å². The van der Waals surface area contributed by atoms with Crippen LogP contribution < -0.4 is 0 Å². The van der Waals surface area contributed by atoms with E-state index >= 15 is 0 Å². The molecule has 0 aromatic heterocycles. The molecule has 0 saturated heterocycles. The van der Waals surface area contributed by atoms with Crippen LogP contribution >= 0.6 is 0 Å². The van der Waals surface area contributed by atoms with Crippen LogP contribution in [0.5, 0.6) is 0 Å². The average Bonchev–Trinajstić information content (AvgIpc) is 2.10. The molecule has 0 heterocycles. The van der Waals surface area contributed by atoms with E-state index in [4.69, 9.17) is 0 Å². The molecular formula is C8H10NO2W-. The molecule has 3 nitrogen and oxygen atoms in total. The van der Waals surface area contributed by atoms with Crippen LogP contribution in [0.1, 0.15) is 13.8 Å². The summed E-state index contributed by atoms with van der Waals surface area (Å²) >= 11 is 0. The topological polar surface area (TPSA) is 43.1 Å². The molecule has 0 unspecified atom stereocenters. The summed E-state index contributed by atoms with van der Waals surface area (Å²) in [6, 6.07) is 8.51.